The van der Waals surface area contributed by atoms with E-state index >= 15 is 0 Å². The number of carbonyl (C=O) groups is 3. The van der Waals surface area contributed by atoms with E-state index in [4.69, 9.17) is 14.2 Å². The van der Waals surface area contributed by atoms with Gasteiger partial charge >= 0.3 is 17.9 Å². The fourth-order valence-corrected chi connectivity index (χ4v) is 8.22. The molecule has 0 saturated carbocycles. The number of unbranched alkanes of at least 4 members (excludes halogenated alkanes) is 36. The fourth-order valence-electron chi connectivity index (χ4n) is 8.22. The highest BCUT2D eigenvalue weighted by molar-refractivity contribution is 5.71. The summed E-state index contributed by atoms with van der Waals surface area (Å²) in [4.78, 5) is 38.0. The topological polar surface area (TPSA) is 78.9 Å². The molecule has 0 aromatic carbocycles. The molecular formula is C54H104O6. The number of carbonyl (C=O) groups excluding carboxylic acids is 3. The van der Waals surface area contributed by atoms with E-state index in [1.165, 1.54) is 199 Å². The van der Waals surface area contributed by atoms with Gasteiger partial charge in [0.15, 0.2) is 6.10 Å². The van der Waals surface area contributed by atoms with Gasteiger partial charge < -0.3 is 14.2 Å². The first-order valence-electron chi connectivity index (χ1n) is 26.9. The zero-order valence-corrected chi connectivity index (χ0v) is 40.9. The molecule has 6 nitrogen and oxygen atoms in total. The second-order valence-corrected chi connectivity index (χ2v) is 19.0. The lowest BCUT2D eigenvalue weighted by molar-refractivity contribution is -0.167. The van der Waals surface area contributed by atoms with E-state index in [1.54, 1.807) is 0 Å². The molecule has 0 N–H and O–H groups in total. The van der Waals surface area contributed by atoms with E-state index in [0.29, 0.717) is 19.3 Å². The van der Waals surface area contributed by atoms with Crippen molar-refractivity contribution in [2.45, 2.75) is 310 Å². The van der Waals surface area contributed by atoms with Crippen molar-refractivity contribution >= 4 is 17.9 Å². The second kappa shape index (κ2) is 48.4. The number of hydrogen-bond donors (Lipinski definition) is 0. The summed E-state index contributed by atoms with van der Waals surface area (Å²) in [6.07, 6.45) is 50.9. The Hall–Kier alpha value is -1.59. The normalized spacial score (nSPS) is 11.9. The Kier molecular flexibility index (Phi) is 47.2. The Bertz CT molecular complexity index is 903. The summed E-state index contributed by atoms with van der Waals surface area (Å²) in [5.74, 6) is -0.0466. The van der Waals surface area contributed by atoms with E-state index < -0.39 is 6.10 Å². The molecule has 0 aromatic rings. The molecule has 0 saturated heterocycles. The van der Waals surface area contributed by atoms with Crippen LogP contribution in [0.15, 0.2) is 0 Å². The van der Waals surface area contributed by atoms with Gasteiger partial charge in [-0.2, -0.15) is 0 Å². The minimum absolute atomic E-state index is 0.0628. The summed E-state index contributed by atoms with van der Waals surface area (Å²) in [5.41, 5.74) is 0. The first-order chi connectivity index (χ1) is 29.4. The van der Waals surface area contributed by atoms with Crippen LogP contribution in [0.25, 0.3) is 0 Å². The number of hydrogen-bond acceptors (Lipinski definition) is 6. The lowest BCUT2D eigenvalue weighted by Crippen LogP contribution is -2.30. The Morgan fingerprint density at radius 2 is 0.550 bits per heavy atom. The lowest BCUT2D eigenvalue weighted by atomic mass is 10.0. The minimum atomic E-state index is -0.761. The Labute approximate surface area is 374 Å². The zero-order chi connectivity index (χ0) is 43.8. The molecule has 0 aliphatic heterocycles. The smallest absolute Gasteiger partial charge is 0.306 e. The molecule has 0 unspecified atom stereocenters. The first kappa shape index (κ1) is 58.4. The molecule has 0 aromatic heterocycles. The first-order valence-corrected chi connectivity index (χ1v) is 26.9. The van der Waals surface area contributed by atoms with Crippen LogP contribution >= 0.6 is 0 Å². The standard InChI is InChI=1S/C54H104O6/c1-5-7-9-11-13-15-17-19-21-23-24-26-28-33-37-41-45-52(55)58-48-51(49-59-53(56)46-42-38-34-31-30-32-36-40-44-50(3)4)60-54(57)47-43-39-35-29-27-25-22-20-18-16-14-12-10-8-6-2/h50-51H,5-49H2,1-4H3/t51-/m1/s1. The van der Waals surface area contributed by atoms with E-state index in [1.807, 2.05) is 0 Å². The molecular weight excluding hydrogens is 745 g/mol. The third kappa shape index (κ3) is 47.5. The van der Waals surface area contributed by atoms with Crippen LogP contribution in [0.5, 0.6) is 0 Å². The summed E-state index contributed by atoms with van der Waals surface area (Å²) < 4.78 is 16.8. The monoisotopic (exact) mass is 849 g/mol. The molecule has 0 amide bonds. The van der Waals surface area contributed by atoms with Crippen molar-refractivity contribution in [3.63, 3.8) is 0 Å². The maximum atomic E-state index is 12.8. The summed E-state index contributed by atoms with van der Waals surface area (Å²) in [6, 6.07) is 0. The van der Waals surface area contributed by atoms with Crippen LogP contribution in [0.3, 0.4) is 0 Å². The van der Waals surface area contributed by atoms with Crippen LogP contribution in [0.4, 0.5) is 0 Å². The molecule has 0 spiro atoms. The molecule has 0 aliphatic carbocycles. The molecule has 0 fully saturated rings. The van der Waals surface area contributed by atoms with Crippen LogP contribution in [0.2, 0.25) is 0 Å². The summed E-state index contributed by atoms with van der Waals surface area (Å²) in [6.45, 7) is 9.01. The van der Waals surface area contributed by atoms with Gasteiger partial charge in [-0.25, -0.2) is 0 Å². The quantitative estimate of drug-likeness (QED) is 0.0345. The van der Waals surface area contributed by atoms with Gasteiger partial charge in [0.1, 0.15) is 13.2 Å². The average molecular weight is 849 g/mol. The van der Waals surface area contributed by atoms with E-state index in [-0.39, 0.29) is 31.1 Å². The Balaban J connectivity index is 4.29. The third-order valence-electron chi connectivity index (χ3n) is 12.3. The van der Waals surface area contributed by atoms with Gasteiger partial charge in [0.25, 0.3) is 0 Å². The van der Waals surface area contributed by atoms with Crippen LogP contribution in [-0.4, -0.2) is 37.2 Å². The van der Waals surface area contributed by atoms with Gasteiger partial charge in [0, 0.05) is 19.3 Å². The maximum Gasteiger partial charge on any atom is 0.306 e. The predicted octanol–water partition coefficient (Wildman–Crippen LogP) is 17.5. The van der Waals surface area contributed by atoms with Crippen molar-refractivity contribution in [3.8, 4) is 0 Å². The third-order valence-corrected chi connectivity index (χ3v) is 12.3. The fraction of sp³-hybridized carbons (Fsp3) is 0.944. The van der Waals surface area contributed by atoms with Crippen molar-refractivity contribution in [1.29, 1.82) is 0 Å². The van der Waals surface area contributed by atoms with Gasteiger partial charge in [-0.3, -0.25) is 14.4 Å². The predicted molar refractivity (Wildman–Crippen MR) is 257 cm³/mol. The zero-order valence-electron chi connectivity index (χ0n) is 40.9. The number of ether oxygens (including phenoxy) is 3. The van der Waals surface area contributed by atoms with Crippen molar-refractivity contribution in [2.24, 2.45) is 5.92 Å². The van der Waals surface area contributed by atoms with E-state index in [2.05, 4.69) is 27.7 Å². The minimum Gasteiger partial charge on any atom is -0.462 e. The molecule has 60 heavy (non-hydrogen) atoms. The van der Waals surface area contributed by atoms with Crippen LogP contribution < -0.4 is 0 Å². The summed E-state index contributed by atoms with van der Waals surface area (Å²) in [7, 11) is 0. The van der Waals surface area contributed by atoms with Gasteiger partial charge in [0.2, 0.25) is 0 Å². The molecule has 0 radical (unpaired) electrons. The molecule has 0 rings (SSSR count). The van der Waals surface area contributed by atoms with Crippen LogP contribution in [-0.2, 0) is 28.6 Å². The number of esters is 3. The molecule has 356 valence electrons. The molecule has 1 atom stereocenters. The Morgan fingerprint density at radius 1 is 0.317 bits per heavy atom. The molecule has 0 heterocycles. The summed E-state index contributed by atoms with van der Waals surface area (Å²) >= 11 is 0. The van der Waals surface area contributed by atoms with E-state index in [9.17, 15) is 14.4 Å². The highest BCUT2D eigenvalue weighted by Gasteiger charge is 2.19. The van der Waals surface area contributed by atoms with Crippen molar-refractivity contribution < 1.29 is 28.6 Å². The van der Waals surface area contributed by atoms with Crippen molar-refractivity contribution in [2.75, 3.05) is 13.2 Å². The SMILES string of the molecule is CCCCCCCCCCCCCCCCCCC(=O)OC[C@H](COC(=O)CCCCCCCCCCC(C)C)OC(=O)CCCCCCCCCCCCCCCCC. The van der Waals surface area contributed by atoms with Crippen LogP contribution in [0, 0.1) is 5.92 Å². The van der Waals surface area contributed by atoms with Gasteiger partial charge in [-0.15, -0.1) is 0 Å². The van der Waals surface area contributed by atoms with Gasteiger partial charge in [-0.05, 0) is 25.2 Å². The number of rotatable bonds is 49. The van der Waals surface area contributed by atoms with Gasteiger partial charge in [-0.1, -0.05) is 265 Å². The van der Waals surface area contributed by atoms with Crippen LogP contribution in [0.1, 0.15) is 304 Å². The van der Waals surface area contributed by atoms with Crippen molar-refractivity contribution in [1.82, 2.24) is 0 Å². The highest BCUT2D eigenvalue weighted by atomic mass is 16.6. The highest BCUT2D eigenvalue weighted by Crippen LogP contribution is 2.17. The van der Waals surface area contributed by atoms with E-state index in [0.717, 1.165) is 63.7 Å². The molecule has 0 aliphatic rings. The largest absolute Gasteiger partial charge is 0.462 e. The molecule has 0 bridgehead atoms. The van der Waals surface area contributed by atoms with Crippen molar-refractivity contribution in [3.05, 3.63) is 0 Å². The Morgan fingerprint density at radius 3 is 0.817 bits per heavy atom. The lowest BCUT2D eigenvalue weighted by Gasteiger charge is -2.18. The second-order valence-electron chi connectivity index (χ2n) is 19.0. The van der Waals surface area contributed by atoms with Gasteiger partial charge in [0.05, 0.1) is 0 Å². The molecule has 6 heteroatoms. The summed E-state index contributed by atoms with van der Waals surface area (Å²) in [5, 5.41) is 0. The maximum absolute atomic E-state index is 12.8. The average Bonchev–Trinajstić information content (AvgIpc) is 3.23.